The van der Waals surface area contributed by atoms with Crippen molar-refractivity contribution in [2.75, 3.05) is 12.0 Å². The summed E-state index contributed by atoms with van der Waals surface area (Å²) in [6.07, 6.45) is 9.89. The highest BCUT2D eigenvalue weighted by molar-refractivity contribution is 7.90. The molecule has 1 atom stereocenters. The lowest BCUT2D eigenvalue weighted by Gasteiger charge is -2.21. The molecular weight excluding hydrogens is 222 g/mol. The van der Waals surface area contributed by atoms with Crippen molar-refractivity contribution in [1.29, 1.82) is 0 Å². The van der Waals surface area contributed by atoms with E-state index in [1.807, 2.05) is 0 Å². The van der Waals surface area contributed by atoms with Crippen LogP contribution in [0, 0.1) is 0 Å². The van der Waals surface area contributed by atoms with E-state index in [1.165, 1.54) is 44.8 Å². The monoisotopic (exact) mass is 247 g/mol. The van der Waals surface area contributed by atoms with Crippen LogP contribution in [0.25, 0.3) is 0 Å². The van der Waals surface area contributed by atoms with Gasteiger partial charge in [-0.25, -0.2) is 8.42 Å². The third-order valence-electron chi connectivity index (χ3n) is 3.30. The summed E-state index contributed by atoms with van der Waals surface area (Å²) in [5.74, 6) is 0.299. The summed E-state index contributed by atoms with van der Waals surface area (Å²) in [4.78, 5) is 0. The van der Waals surface area contributed by atoms with Crippen LogP contribution in [0.4, 0.5) is 0 Å². The topological polar surface area (TPSA) is 46.2 Å². The van der Waals surface area contributed by atoms with Crippen molar-refractivity contribution >= 4 is 9.84 Å². The van der Waals surface area contributed by atoms with Crippen LogP contribution in [0.5, 0.6) is 0 Å². The molecule has 1 aliphatic carbocycles. The van der Waals surface area contributed by atoms with E-state index in [-0.39, 0.29) is 0 Å². The van der Waals surface area contributed by atoms with Crippen molar-refractivity contribution in [3.8, 4) is 0 Å². The molecule has 1 fully saturated rings. The second kappa shape index (κ2) is 6.60. The molecule has 4 heteroatoms. The molecule has 0 heterocycles. The maximum atomic E-state index is 11.1. The van der Waals surface area contributed by atoms with Crippen LogP contribution in [-0.4, -0.2) is 32.5 Å². The first-order valence-electron chi connectivity index (χ1n) is 6.41. The molecule has 0 aromatic heterocycles. The fraction of sp³-hybridized carbons (Fsp3) is 1.00. The summed E-state index contributed by atoms with van der Waals surface area (Å²) in [7, 11) is -2.81. The van der Waals surface area contributed by atoms with Crippen molar-refractivity contribution in [1.82, 2.24) is 5.32 Å². The zero-order valence-corrected chi connectivity index (χ0v) is 11.4. The van der Waals surface area contributed by atoms with Gasteiger partial charge in [0.1, 0.15) is 9.84 Å². The molecule has 1 saturated carbocycles. The lowest BCUT2D eigenvalue weighted by Crippen LogP contribution is -2.37. The second-order valence-corrected chi connectivity index (χ2v) is 7.43. The molecule has 0 spiro atoms. The first-order chi connectivity index (χ1) is 7.47. The van der Waals surface area contributed by atoms with Gasteiger partial charge in [-0.2, -0.15) is 0 Å². The number of rotatable bonds is 5. The van der Waals surface area contributed by atoms with E-state index in [9.17, 15) is 8.42 Å². The summed E-state index contributed by atoms with van der Waals surface area (Å²) in [6.45, 7) is 2.09. The maximum absolute atomic E-state index is 11.1. The molecule has 0 radical (unpaired) electrons. The average Bonchev–Trinajstić information content (AvgIpc) is 2.42. The summed E-state index contributed by atoms with van der Waals surface area (Å²) >= 11 is 0. The van der Waals surface area contributed by atoms with Gasteiger partial charge in [0.05, 0.1) is 5.75 Å². The van der Waals surface area contributed by atoms with Crippen LogP contribution in [0.3, 0.4) is 0 Å². The Kier molecular flexibility index (Phi) is 5.76. The summed E-state index contributed by atoms with van der Waals surface area (Å²) in [5.41, 5.74) is 0. The Balaban J connectivity index is 2.24. The molecule has 0 aliphatic heterocycles. The highest BCUT2D eigenvalue weighted by Gasteiger charge is 2.15. The van der Waals surface area contributed by atoms with Gasteiger partial charge in [-0.1, -0.05) is 25.7 Å². The summed E-state index contributed by atoms with van der Waals surface area (Å²) < 4.78 is 22.1. The molecule has 0 saturated heterocycles. The van der Waals surface area contributed by atoms with Gasteiger partial charge in [-0.3, -0.25) is 0 Å². The fourth-order valence-corrected chi connectivity index (χ4v) is 3.10. The van der Waals surface area contributed by atoms with Crippen molar-refractivity contribution in [3.63, 3.8) is 0 Å². The summed E-state index contributed by atoms with van der Waals surface area (Å²) in [5, 5.41) is 3.57. The number of nitrogens with one attached hydrogen (secondary N) is 1. The highest BCUT2D eigenvalue weighted by atomic mass is 32.2. The zero-order valence-electron chi connectivity index (χ0n) is 10.5. The normalized spacial score (nSPS) is 21.6. The molecule has 1 aliphatic rings. The third-order valence-corrected chi connectivity index (χ3v) is 4.27. The van der Waals surface area contributed by atoms with Gasteiger partial charge in [0.25, 0.3) is 0 Å². The SMILES string of the molecule is CC(CCS(C)(=O)=O)NC1CCCCCC1. The smallest absolute Gasteiger partial charge is 0.147 e. The lowest BCUT2D eigenvalue weighted by molar-refractivity contribution is 0.401. The number of hydrogen-bond donors (Lipinski definition) is 1. The molecule has 1 unspecified atom stereocenters. The van der Waals surface area contributed by atoms with Gasteiger partial charge >= 0.3 is 0 Å². The van der Waals surface area contributed by atoms with Gasteiger partial charge in [0.2, 0.25) is 0 Å². The number of sulfone groups is 1. The highest BCUT2D eigenvalue weighted by Crippen LogP contribution is 2.17. The lowest BCUT2D eigenvalue weighted by atomic mass is 10.1. The van der Waals surface area contributed by atoms with E-state index in [4.69, 9.17) is 0 Å². The van der Waals surface area contributed by atoms with E-state index in [1.54, 1.807) is 0 Å². The Labute approximate surface area is 99.9 Å². The van der Waals surface area contributed by atoms with Gasteiger partial charge in [-0.15, -0.1) is 0 Å². The Morgan fingerprint density at radius 3 is 2.25 bits per heavy atom. The van der Waals surface area contributed by atoms with Gasteiger partial charge in [0.15, 0.2) is 0 Å². The predicted octanol–water partition coefficient (Wildman–Crippen LogP) is 2.12. The van der Waals surface area contributed by atoms with Crippen LogP contribution < -0.4 is 5.32 Å². The molecule has 1 rings (SSSR count). The molecule has 96 valence electrons. The minimum Gasteiger partial charge on any atom is -0.311 e. The maximum Gasteiger partial charge on any atom is 0.147 e. The minimum atomic E-state index is -2.81. The largest absolute Gasteiger partial charge is 0.311 e. The Bertz CT molecular complexity index is 279. The van der Waals surface area contributed by atoms with Crippen LogP contribution in [0.1, 0.15) is 51.9 Å². The standard InChI is InChI=1S/C12H25NO2S/c1-11(9-10-16(2,14)15)13-12-7-5-3-4-6-8-12/h11-13H,3-10H2,1-2H3. The molecule has 0 amide bonds. The van der Waals surface area contributed by atoms with E-state index < -0.39 is 9.84 Å². The molecule has 3 nitrogen and oxygen atoms in total. The van der Waals surface area contributed by atoms with Crippen molar-refractivity contribution in [2.24, 2.45) is 0 Å². The van der Waals surface area contributed by atoms with E-state index in [0.29, 0.717) is 17.8 Å². The Hall–Kier alpha value is -0.0900. The molecular formula is C12H25NO2S. The molecule has 0 aromatic rings. The molecule has 1 N–H and O–H groups in total. The Morgan fingerprint density at radius 2 is 1.75 bits per heavy atom. The van der Waals surface area contributed by atoms with E-state index >= 15 is 0 Å². The van der Waals surface area contributed by atoms with Gasteiger partial charge in [-0.05, 0) is 26.2 Å². The average molecular weight is 247 g/mol. The van der Waals surface area contributed by atoms with Crippen molar-refractivity contribution in [3.05, 3.63) is 0 Å². The first kappa shape index (κ1) is 14.0. The van der Waals surface area contributed by atoms with Crippen LogP contribution >= 0.6 is 0 Å². The van der Waals surface area contributed by atoms with E-state index in [2.05, 4.69) is 12.2 Å². The van der Waals surface area contributed by atoms with E-state index in [0.717, 1.165) is 6.42 Å². The van der Waals surface area contributed by atoms with Gasteiger partial charge < -0.3 is 5.32 Å². The van der Waals surface area contributed by atoms with Crippen molar-refractivity contribution in [2.45, 2.75) is 64.0 Å². The van der Waals surface area contributed by atoms with Crippen LogP contribution in [0.2, 0.25) is 0 Å². The third kappa shape index (κ3) is 6.48. The number of hydrogen-bond acceptors (Lipinski definition) is 3. The quantitative estimate of drug-likeness (QED) is 0.757. The van der Waals surface area contributed by atoms with Gasteiger partial charge in [0, 0.05) is 18.3 Å². The minimum absolute atomic E-state index is 0.299. The second-order valence-electron chi connectivity index (χ2n) is 5.17. The van der Waals surface area contributed by atoms with Crippen LogP contribution in [-0.2, 0) is 9.84 Å². The van der Waals surface area contributed by atoms with Crippen LogP contribution in [0.15, 0.2) is 0 Å². The first-order valence-corrected chi connectivity index (χ1v) is 8.47. The Morgan fingerprint density at radius 1 is 1.19 bits per heavy atom. The summed E-state index contributed by atoms with van der Waals surface area (Å²) in [6, 6.07) is 0.926. The predicted molar refractivity (Wildman–Crippen MR) is 68.4 cm³/mol. The molecule has 16 heavy (non-hydrogen) atoms. The van der Waals surface area contributed by atoms with Crippen molar-refractivity contribution < 1.29 is 8.42 Å². The molecule has 0 aromatic carbocycles. The fourth-order valence-electron chi connectivity index (χ4n) is 2.32. The molecule has 0 bridgehead atoms. The zero-order chi connectivity index (χ0) is 12.0.